The molecule has 0 aliphatic carbocycles. The van der Waals surface area contributed by atoms with Gasteiger partial charge in [-0.2, -0.15) is 0 Å². The van der Waals surface area contributed by atoms with Crippen LogP contribution in [0.2, 0.25) is 0 Å². The van der Waals surface area contributed by atoms with E-state index in [0.29, 0.717) is 0 Å². The maximum Gasteiger partial charge on any atom is 1.00 e. The first-order chi connectivity index (χ1) is 17.5. The van der Waals surface area contributed by atoms with Crippen molar-refractivity contribution in [2.24, 2.45) is 5.92 Å². The van der Waals surface area contributed by atoms with Gasteiger partial charge >= 0.3 is 51.4 Å². The maximum atomic E-state index is 10.9. The molecular formula is C31H61KO4S. The zero-order valence-corrected chi connectivity index (χ0v) is 29.1. The topological polar surface area (TPSA) is 66.4 Å². The number of rotatable bonds is 29. The van der Waals surface area contributed by atoms with Crippen LogP contribution in [0.1, 0.15) is 174 Å². The fraction of sp³-hybridized carbons (Fsp3) is 0.935. The zero-order chi connectivity index (χ0) is 26.6. The van der Waals surface area contributed by atoms with Crippen LogP contribution in [0, 0.1) is 5.92 Å². The molecular weight excluding hydrogens is 508 g/mol. The van der Waals surface area contributed by atoms with Crippen LogP contribution in [-0.4, -0.2) is 19.6 Å². The van der Waals surface area contributed by atoms with Crippen LogP contribution in [0.25, 0.3) is 0 Å². The Morgan fingerprint density at radius 3 is 1.32 bits per heavy atom. The van der Waals surface area contributed by atoms with E-state index in [4.69, 9.17) is 0 Å². The minimum Gasteiger partial charge on any atom is -0.726 e. The Hall–Kier alpha value is 1.25. The van der Waals surface area contributed by atoms with Gasteiger partial charge in [0, 0.05) is 5.92 Å². The molecule has 0 rings (SSSR count). The largest absolute Gasteiger partial charge is 1.00 e. The van der Waals surface area contributed by atoms with Gasteiger partial charge in [0.2, 0.25) is 10.4 Å². The molecule has 0 spiro atoms. The van der Waals surface area contributed by atoms with Crippen LogP contribution in [-0.2, 0) is 14.6 Å². The van der Waals surface area contributed by atoms with Gasteiger partial charge in [-0.15, -0.1) is 0 Å². The first kappa shape index (κ1) is 40.4. The molecule has 0 radical (unpaired) electrons. The van der Waals surface area contributed by atoms with E-state index >= 15 is 0 Å². The van der Waals surface area contributed by atoms with E-state index < -0.39 is 10.4 Å². The molecule has 0 aliphatic heterocycles. The van der Waals surface area contributed by atoms with Gasteiger partial charge in [0.1, 0.15) is 0 Å². The molecule has 0 aromatic heterocycles. The number of unbranched alkanes of at least 4 members (excludes halogenated alkanes) is 22. The predicted molar refractivity (Wildman–Crippen MR) is 155 cm³/mol. The summed E-state index contributed by atoms with van der Waals surface area (Å²) in [5.74, 6) is 0.0187. The molecule has 0 aliphatic rings. The monoisotopic (exact) mass is 568 g/mol. The molecule has 0 saturated carbocycles. The quantitative estimate of drug-likeness (QED) is 0.0309. The summed E-state index contributed by atoms with van der Waals surface area (Å²) in [5.41, 5.74) is 0. The Labute approximate surface area is 275 Å². The average molecular weight is 569 g/mol. The zero-order valence-electron chi connectivity index (χ0n) is 25.2. The Morgan fingerprint density at radius 2 is 0.946 bits per heavy atom. The summed E-state index contributed by atoms with van der Waals surface area (Å²) in [6, 6.07) is 0. The van der Waals surface area contributed by atoms with Gasteiger partial charge in [-0.25, -0.2) is 8.42 Å². The van der Waals surface area contributed by atoms with Crippen LogP contribution in [0.5, 0.6) is 0 Å². The van der Waals surface area contributed by atoms with Crippen LogP contribution < -0.4 is 51.4 Å². The molecule has 216 valence electrons. The second-order valence-electron chi connectivity index (χ2n) is 10.9. The molecule has 6 heteroatoms. The number of hydrogen-bond donors (Lipinski definition) is 0. The molecule has 1 atom stereocenters. The minimum atomic E-state index is -4.61. The fourth-order valence-corrected chi connectivity index (χ4v) is 5.21. The van der Waals surface area contributed by atoms with Crippen molar-refractivity contribution >= 4 is 10.4 Å². The van der Waals surface area contributed by atoms with E-state index in [0.717, 1.165) is 19.3 Å². The van der Waals surface area contributed by atoms with E-state index in [1.807, 2.05) is 0 Å². The minimum absolute atomic E-state index is 0. The molecule has 0 fully saturated rings. The standard InChI is InChI=1S/C31H62O4S.K/c1-3-5-7-9-11-13-14-15-16-17-18-19-20-21-23-25-27-29-31(30-35-36(32,33)34)28-26-24-22-12-10-8-6-4-2;/h27,29,31H,3-26,28,30H2,1-2H3,(H,32,33,34);/q;+1/p-1/b29-27+;. The summed E-state index contributed by atoms with van der Waals surface area (Å²) in [5, 5.41) is 0. The van der Waals surface area contributed by atoms with Crippen molar-refractivity contribution in [2.75, 3.05) is 6.61 Å². The fourth-order valence-electron chi connectivity index (χ4n) is 4.87. The first-order valence-corrected chi connectivity index (χ1v) is 17.1. The molecule has 0 aromatic carbocycles. The Balaban J connectivity index is 0. The van der Waals surface area contributed by atoms with Crippen molar-refractivity contribution in [3.05, 3.63) is 12.2 Å². The van der Waals surface area contributed by atoms with Crippen LogP contribution >= 0.6 is 0 Å². The van der Waals surface area contributed by atoms with Crippen molar-refractivity contribution in [2.45, 2.75) is 174 Å². The molecule has 0 bridgehead atoms. The molecule has 37 heavy (non-hydrogen) atoms. The first-order valence-electron chi connectivity index (χ1n) is 15.8. The second kappa shape index (κ2) is 31.8. The summed E-state index contributed by atoms with van der Waals surface area (Å²) in [4.78, 5) is 0. The summed E-state index contributed by atoms with van der Waals surface area (Å²) in [6.45, 7) is 4.49. The van der Waals surface area contributed by atoms with Crippen LogP contribution in [0.4, 0.5) is 0 Å². The molecule has 0 saturated heterocycles. The molecule has 0 heterocycles. The van der Waals surface area contributed by atoms with E-state index in [-0.39, 0.29) is 63.9 Å². The second-order valence-corrected chi connectivity index (χ2v) is 11.9. The number of allylic oxidation sites excluding steroid dienone is 1. The third kappa shape index (κ3) is 35.2. The maximum absolute atomic E-state index is 10.9. The summed E-state index contributed by atoms with van der Waals surface area (Å²) < 4.78 is 37.2. The molecule has 0 aromatic rings. The average Bonchev–Trinajstić information content (AvgIpc) is 2.85. The molecule has 0 amide bonds. The van der Waals surface area contributed by atoms with E-state index in [1.165, 1.54) is 141 Å². The van der Waals surface area contributed by atoms with Crippen molar-refractivity contribution < 1.29 is 68.5 Å². The van der Waals surface area contributed by atoms with Crippen LogP contribution in [0.15, 0.2) is 12.2 Å². The Bertz CT molecular complexity index is 566. The Kier molecular flexibility index (Phi) is 34.7. The van der Waals surface area contributed by atoms with Crippen LogP contribution in [0.3, 0.4) is 0 Å². The van der Waals surface area contributed by atoms with E-state index in [2.05, 4.69) is 30.2 Å². The van der Waals surface area contributed by atoms with Gasteiger partial charge < -0.3 is 4.55 Å². The third-order valence-electron chi connectivity index (χ3n) is 7.24. The van der Waals surface area contributed by atoms with Crippen molar-refractivity contribution in [3.8, 4) is 0 Å². The van der Waals surface area contributed by atoms with Gasteiger partial charge in [0.15, 0.2) is 0 Å². The summed E-state index contributed by atoms with van der Waals surface area (Å²) in [7, 11) is -4.61. The predicted octanol–water partition coefficient (Wildman–Crippen LogP) is 7.43. The van der Waals surface area contributed by atoms with Gasteiger partial charge in [0.05, 0.1) is 6.61 Å². The smallest absolute Gasteiger partial charge is 0.726 e. The van der Waals surface area contributed by atoms with Crippen molar-refractivity contribution in [3.63, 3.8) is 0 Å². The van der Waals surface area contributed by atoms with Crippen molar-refractivity contribution in [1.82, 2.24) is 0 Å². The Morgan fingerprint density at radius 1 is 0.595 bits per heavy atom. The van der Waals surface area contributed by atoms with Gasteiger partial charge in [-0.3, -0.25) is 4.18 Å². The molecule has 1 unspecified atom stereocenters. The summed E-state index contributed by atoms with van der Waals surface area (Å²) >= 11 is 0. The van der Waals surface area contributed by atoms with Gasteiger partial charge in [-0.1, -0.05) is 167 Å². The number of hydrogen-bond acceptors (Lipinski definition) is 4. The van der Waals surface area contributed by atoms with Crippen molar-refractivity contribution in [1.29, 1.82) is 0 Å². The van der Waals surface area contributed by atoms with Gasteiger partial charge in [0.25, 0.3) is 0 Å². The van der Waals surface area contributed by atoms with E-state index in [9.17, 15) is 13.0 Å². The SMILES string of the molecule is CCCCCCCCCCCCCCCCC/C=C/C(CCCCCCCCCC)COS(=O)(=O)[O-].[K+]. The third-order valence-corrected chi connectivity index (χ3v) is 7.66. The van der Waals surface area contributed by atoms with Gasteiger partial charge in [-0.05, 0) is 19.3 Å². The molecule has 4 nitrogen and oxygen atoms in total. The van der Waals surface area contributed by atoms with E-state index in [1.54, 1.807) is 0 Å². The summed E-state index contributed by atoms with van der Waals surface area (Å²) in [6.07, 6.45) is 36.7. The molecule has 0 N–H and O–H groups in total. The normalized spacial score (nSPS) is 12.7.